The van der Waals surface area contributed by atoms with Crippen LogP contribution in [0.15, 0.2) is 30.5 Å². The highest BCUT2D eigenvalue weighted by Crippen LogP contribution is 2.66. The number of hydrogen-bond acceptors (Lipinski definition) is 3. The zero-order valence-corrected chi connectivity index (χ0v) is 16.4. The maximum atomic E-state index is 15.5. The van der Waals surface area contributed by atoms with E-state index in [4.69, 9.17) is 0 Å². The molecule has 0 spiro atoms. The molecule has 2 aromatic rings. The Kier molecular flexibility index (Phi) is 3.23. The summed E-state index contributed by atoms with van der Waals surface area (Å²) >= 11 is 0. The number of carbonyl (C=O) groups is 1. The molecule has 4 fully saturated rings. The molecule has 5 nitrogen and oxygen atoms in total. The van der Waals surface area contributed by atoms with E-state index in [1.54, 1.807) is 15.8 Å². The number of aromatic nitrogens is 2. The number of nitrogens with one attached hydrogen (secondary N) is 1. The van der Waals surface area contributed by atoms with E-state index in [1.165, 1.54) is 0 Å². The number of carbonyl (C=O) groups excluding carboxylic acids is 1. The summed E-state index contributed by atoms with van der Waals surface area (Å²) in [4.78, 5) is 15.7. The van der Waals surface area contributed by atoms with Gasteiger partial charge in [-0.25, -0.2) is 8.78 Å². The Morgan fingerprint density at radius 2 is 1.86 bits per heavy atom. The van der Waals surface area contributed by atoms with Crippen LogP contribution in [0, 0.1) is 11.3 Å². The Labute approximate surface area is 168 Å². The molecule has 4 saturated carbocycles. The van der Waals surface area contributed by atoms with Gasteiger partial charge in [0.25, 0.3) is 0 Å². The van der Waals surface area contributed by atoms with Crippen LogP contribution in [0.4, 0.5) is 26.0 Å². The molecule has 2 heterocycles. The Hall–Kier alpha value is -2.44. The van der Waals surface area contributed by atoms with Crippen molar-refractivity contribution in [2.75, 3.05) is 10.2 Å². The van der Waals surface area contributed by atoms with Crippen LogP contribution in [0.25, 0.3) is 0 Å². The Bertz CT molecular complexity index is 1020. The van der Waals surface area contributed by atoms with Crippen molar-refractivity contribution in [3.63, 3.8) is 0 Å². The molecule has 2 unspecified atom stereocenters. The highest BCUT2D eigenvalue weighted by atomic mass is 19.2. The van der Waals surface area contributed by atoms with Gasteiger partial charge in [0.1, 0.15) is 17.2 Å². The first-order valence-corrected chi connectivity index (χ1v) is 10.4. The number of amides is 1. The predicted octanol–water partition coefficient (Wildman–Crippen LogP) is 4.41. The second-order valence-electron chi connectivity index (χ2n) is 9.77. The number of alkyl halides is 2. The maximum absolute atomic E-state index is 15.5. The summed E-state index contributed by atoms with van der Waals surface area (Å²) in [5.41, 5.74) is -1.60. The quantitative estimate of drug-likeness (QED) is 0.774. The number of benzene rings is 1. The molecule has 1 aromatic carbocycles. The minimum atomic E-state index is -1.55. The van der Waals surface area contributed by atoms with E-state index < -0.39 is 16.8 Å². The third kappa shape index (κ3) is 2.42. The molecule has 0 saturated heterocycles. The second kappa shape index (κ2) is 5.37. The third-order valence-corrected chi connectivity index (χ3v) is 7.42. The first-order chi connectivity index (χ1) is 13.8. The first-order valence-electron chi connectivity index (χ1n) is 10.4. The lowest BCUT2D eigenvalue weighted by molar-refractivity contribution is -0.183. The summed E-state index contributed by atoms with van der Waals surface area (Å²) in [6, 6.07) is 7.62. The van der Waals surface area contributed by atoms with E-state index in [9.17, 15) is 4.79 Å². The van der Waals surface area contributed by atoms with Gasteiger partial charge in [-0.15, -0.1) is 0 Å². The molecule has 152 valence electrons. The minimum absolute atomic E-state index is 0.0421. The highest BCUT2D eigenvalue weighted by Gasteiger charge is 2.67. The van der Waals surface area contributed by atoms with Crippen LogP contribution >= 0.6 is 0 Å². The van der Waals surface area contributed by atoms with Gasteiger partial charge in [-0.05, 0) is 50.2 Å². The van der Waals surface area contributed by atoms with E-state index >= 15 is 8.78 Å². The van der Waals surface area contributed by atoms with Crippen LogP contribution < -0.4 is 10.2 Å². The largest absolute Gasteiger partial charge is 0.338 e. The third-order valence-electron chi connectivity index (χ3n) is 7.42. The van der Waals surface area contributed by atoms with Crippen LogP contribution in [0.3, 0.4) is 0 Å². The molecule has 4 bridgehead atoms. The SMILES string of the molecule is Cn1ncc2c1Nc1ccccc1N(C(=O)C13CC4CC(F)(CC(F)(C4)C1)C3)C2. The van der Waals surface area contributed by atoms with Crippen LogP contribution in [-0.4, -0.2) is 27.0 Å². The van der Waals surface area contributed by atoms with E-state index in [1.807, 2.05) is 31.3 Å². The lowest BCUT2D eigenvalue weighted by Crippen LogP contribution is -2.64. The van der Waals surface area contributed by atoms with Crippen molar-refractivity contribution >= 4 is 23.1 Å². The summed E-state index contributed by atoms with van der Waals surface area (Å²) in [7, 11) is 1.85. The van der Waals surface area contributed by atoms with E-state index in [0.717, 1.165) is 22.8 Å². The van der Waals surface area contributed by atoms with Gasteiger partial charge in [-0.3, -0.25) is 9.48 Å². The zero-order chi connectivity index (χ0) is 20.0. The normalized spacial score (nSPS) is 36.9. The number of fused-ring (bicyclic) bond motifs is 2. The van der Waals surface area contributed by atoms with Crippen molar-refractivity contribution in [1.82, 2.24) is 9.78 Å². The van der Waals surface area contributed by atoms with E-state index in [2.05, 4.69) is 10.4 Å². The first kappa shape index (κ1) is 17.4. The highest BCUT2D eigenvalue weighted by molar-refractivity contribution is 6.02. The zero-order valence-electron chi connectivity index (χ0n) is 16.4. The predicted molar refractivity (Wildman–Crippen MR) is 105 cm³/mol. The van der Waals surface area contributed by atoms with Gasteiger partial charge in [0.2, 0.25) is 5.91 Å². The van der Waals surface area contributed by atoms with E-state index in [-0.39, 0.29) is 31.1 Å². The van der Waals surface area contributed by atoms with Crippen molar-refractivity contribution < 1.29 is 13.6 Å². The lowest BCUT2D eigenvalue weighted by atomic mass is 9.47. The summed E-state index contributed by atoms with van der Waals surface area (Å²) in [6.45, 7) is 0.344. The van der Waals surface area contributed by atoms with Gasteiger partial charge in [0, 0.05) is 19.0 Å². The molecular formula is C22H24F2N4O. The maximum Gasteiger partial charge on any atom is 0.233 e. The number of rotatable bonds is 1. The molecule has 7 rings (SSSR count). The fourth-order valence-electron chi connectivity index (χ4n) is 6.87. The summed E-state index contributed by atoms with van der Waals surface area (Å²) in [5, 5.41) is 7.70. The lowest BCUT2D eigenvalue weighted by Gasteiger charge is -2.60. The van der Waals surface area contributed by atoms with Gasteiger partial charge < -0.3 is 10.2 Å². The van der Waals surface area contributed by atoms with Crippen LogP contribution in [-0.2, 0) is 18.4 Å². The summed E-state index contributed by atoms with van der Waals surface area (Å²) < 4.78 is 32.7. The Morgan fingerprint density at radius 3 is 2.59 bits per heavy atom. The number of para-hydroxylation sites is 2. The fourth-order valence-corrected chi connectivity index (χ4v) is 6.87. The molecule has 1 amide bonds. The molecule has 1 aliphatic heterocycles. The molecule has 7 heteroatoms. The molecule has 29 heavy (non-hydrogen) atoms. The average molecular weight is 398 g/mol. The Balaban J connectivity index is 1.45. The number of halogens is 2. The standard InChI is InChI=1S/C22H24F2N4O/c1-27-18-15(9-25-27)10-28(17-5-3-2-4-16(17)26-18)19(29)20-6-14-7-21(23,11-20)13-22(24,8-14)12-20/h2-5,9,14,26H,6-8,10-13H2,1H3. The van der Waals surface area contributed by atoms with Crippen LogP contribution in [0.5, 0.6) is 0 Å². The van der Waals surface area contributed by atoms with Crippen molar-refractivity contribution in [3.05, 3.63) is 36.0 Å². The molecule has 2 atom stereocenters. The van der Waals surface area contributed by atoms with Crippen LogP contribution in [0.1, 0.15) is 44.1 Å². The van der Waals surface area contributed by atoms with Crippen molar-refractivity contribution in [1.29, 1.82) is 0 Å². The number of anilines is 3. The second-order valence-corrected chi connectivity index (χ2v) is 9.77. The molecular weight excluding hydrogens is 374 g/mol. The average Bonchev–Trinajstić information content (AvgIpc) is 2.88. The number of nitrogens with zero attached hydrogens (tertiary/aromatic N) is 3. The van der Waals surface area contributed by atoms with Gasteiger partial charge >= 0.3 is 0 Å². The molecule has 4 aliphatic carbocycles. The Morgan fingerprint density at radius 1 is 1.14 bits per heavy atom. The number of hydrogen-bond donors (Lipinski definition) is 1. The molecule has 1 N–H and O–H groups in total. The summed E-state index contributed by atoms with van der Waals surface area (Å²) in [6.07, 6.45) is 3.39. The molecule has 0 radical (unpaired) electrons. The smallest absolute Gasteiger partial charge is 0.233 e. The topological polar surface area (TPSA) is 50.2 Å². The molecule has 1 aromatic heterocycles. The van der Waals surface area contributed by atoms with Crippen molar-refractivity contribution in [2.24, 2.45) is 18.4 Å². The van der Waals surface area contributed by atoms with Crippen LogP contribution in [0.2, 0.25) is 0 Å². The van der Waals surface area contributed by atoms with Gasteiger partial charge in [0.15, 0.2) is 0 Å². The fraction of sp³-hybridized carbons (Fsp3) is 0.545. The molecule has 5 aliphatic rings. The van der Waals surface area contributed by atoms with Gasteiger partial charge in [0.05, 0.1) is 29.5 Å². The van der Waals surface area contributed by atoms with Crippen molar-refractivity contribution in [2.45, 2.75) is 56.4 Å². The van der Waals surface area contributed by atoms with E-state index in [0.29, 0.717) is 25.8 Å². The van der Waals surface area contributed by atoms with Crippen molar-refractivity contribution in [3.8, 4) is 0 Å². The monoisotopic (exact) mass is 398 g/mol. The van der Waals surface area contributed by atoms with Gasteiger partial charge in [-0.1, -0.05) is 12.1 Å². The van der Waals surface area contributed by atoms with Gasteiger partial charge in [-0.2, -0.15) is 5.10 Å². The number of aryl methyl sites for hydroxylation is 1. The minimum Gasteiger partial charge on any atom is -0.338 e. The summed E-state index contributed by atoms with van der Waals surface area (Å²) in [5.74, 6) is 0.651.